The normalized spacial score (nSPS) is 35.9. The third-order valence-corrected chi connectivity index (χ3v) is 5.99. The van der Waals surface area contributed by atoms with Gasteiger partial charge in [-0.2, -0.15) is 0 Å². The molecule has 11 heteroatoms. The molecule has 4 N–H and O–H groups in total. The lowest BCUT2D eigenvalue weighted by molar-refractivity contribution is -0.144. The van der Waals surface area contributed by atoms with Crippen molar-refractivity contribution in [1.29, 1.82) is 0 Å². The number of ketones is 2. The van der Waals surface area contributed by atoms with E-state index in [4.69, 9.17) is 20.9 Å². The number of piperazine rings is 1. The van der Waals surface area contributed by atoms with Gasteiger partial charge in [-0.05, 0) is 14.0 Å². The SMILES string of the molecule is CO[C@@]12[C@H](COC(N)=O)C3=C(C(=O)C(C)=C(N)C3=O)N1C[C@H]1[C@@H]2N1C.Cl.Cl. The van der Waals surface area contributed by atoms with Crippen molar-refractivity contribution in [2.24, 2.45) is 17.4 Å². The number of primary amides is 1. The molecule has 3 heterocycles. The predicted octanol–water partition coefficient (Wildman–Crippen LogP) is -0.465. The number of hydrogen-bond acceptors (Lipinski definition) is 8. The topological polar surface area (TPSA) is 128 Å². The number of halogens is 2. The summed E-state index contributed by atoms with van der Waals surface area (Å²) in [6, 6.07) is 0.211. The molecular formula is C16H22Cl2N4O5. The molecular weight excluding hydrogens is 399 g/mol. The number of hydrogen-bond donors (Lipinski definition) is 2. The number of allylic oxidation sites excluding steroid dienone is 2. The van der Waals surface area contributed by atoms with E-state index in [-0.39, 0.29) is 66.1 Å². The smallest absolute Gasteiger partial charge is 0.404 e. The van der Waals surface area contributed by atoms with Crippen LogP contribution in [0.3, 0.4) is 0 Å². The molecule has 0 aromatic rings. The average molecular weight is 421 g/mol. The molecule has 1 amide bonds. The van der Waals surface area contributed by atoms with Crippen LogP contribution in [-0.4, -0.2) is 72.6 Å². The van der Waals surface area contributed by atoms with Crippen LogP contribution in [0.25, 0.3) is 0 Å². The maximum absolute atomic E-state index is 12.9. The van der Waals surface area contributed by atoms with E-state index in [1.807, 2.05) is 11.9 Å². The Morgan fingerprint density at radius 2 is 1.93 bits per heavy atom. The molecule has 2 saturated heterocycles. The highest BCUT2D eigenvalue weighted by Crippen LogP contribution is 2.59. The fourth-order valence-corrected chi connectivity index (χ4v) is 4.73. The van der Waals surface area contributed by atoms with Gasteiger partial charge in [0.05, 0.1) is 23.4 Å². The zero-order valence-electron chi connectivity index (χ0n) is 15.1. The van der Waals surface area contributed by atoms with E-state index < -0.39 is 23.5 Å². The van der Waals surface area contributed by atoms with Gasteiger partial charge >= 0.3 is 6.09 Å². The molecule has 1 aliphatic carbocycles. The summed E-state index contributed by atoms with van der Waals surface area (Å²) >= 11 is 0. The summed E-state index contributed by atoms with van der Waals surface area (Å²) in [6.07, 6.45) is -0.945. The maximum atomic E-state index is 12.9. The van der Waals surface area contributed by atoms with Crippen molar-refractivity contribution in [2.45, 2.75) is 24.7 Å². The van der Waals surface area contributed by atoms with E-state index in [2.05, 4.69) is 4.90 Å². The zero-order valence-corrected chi connectivity index (χ0v) is 16.7. The number of Topliss-reactive ketones (excluding diaryl/α,β-unsaturated/α-hetero) is 2. The molecule has 0 aromatic carbocycles. The van der Waals surface area contributed by atoms with Gasteiger partial charge in [0, 0.05) is 30.8 Å². The Labute approximate surface area is 168 Å². The van der Waals surface area contributed by atoms with Crippen molar-refractivity contribution in [2.75, 3.05) is 27.3 Å². The molecule has 0 radical (unpaired) electrons. The molecule has 2 fully saturated rings. The fraction of sp³-hybridized carbons (Fsp3) is 0.562. The Hall–Kier alpha value is -1.81. The Balaban J connectivity index is 0.00000131. The molecule has 1 unspecified atom stereocenters. The van der Waals surface area contributed by atoms with Crippen molar-refractivity contribution >= 4 is 42.5 Å². The number of ether oxygens (including phenoxy) is 2. The van der Waals surface area contributed by atoms with Crippen LogP contribution in [0.1, 0.15) is 6.92 Å². The van der Waals surface area contributed by atoms with Gasteiger partial charge in [0.1, 0.15) is 6.61 Å². The van der Waals surface area contributed by atoms with Gasteiger partial charge in [-0.3, -0.25) is 14.5 Å². The van der Waals surface area contributed by atoms with E-state index >= 15 is 0 Å². The van der Waals surface area contributed by atoms with Crippen LogP contribution in [0, 0.1) is 5.92 Å². The van der Waals surface area contributed by atoms with Crippen LogP contribution in [0.2, 0.25) is 0 Å². The van der Waals surface area contributed by atoms with E-state index in [1.165, 1.54) is 7.11 Å². The van der Waals surface area contributed by atoms with Crippen molar-refractivity contribution < 1.29 is 23.9 Å². The lowest BCUT2D eigenvalue weighted by atomic mass is 9.82. The Morgan fingerprint density at radius 1 is 1.30 bits per heavy atom. The number of fused-ring (bicyclic) bond motifs is 4. The number of amides is 1. The summed E-state index contributed by atoms with van der Waals surface area (Å²) in [7, 11) is 3.49. The first kappa shape index (κ1) is 21.5. The van der Waals surface area contributed by atoms with Crippen molar-refractivity contribution in [3.63, 3.8) is 0 Å². The highest BCUT2D eigenvalue weighted by atomic mass is 35.5. The summed E-state index contributed by atoms with van der Waals surface area (Å²) < 4.78 is 10.9. The van der Waals surface area contributed by atoms with Gasteiger partial charge in [0.15, 0.2) is 5.72 Å². The predicted molar refractivity (Wildman–Crippen MR) is 99.2 cm³/mol. The monoisotopic (exact) mass is 420 g/mol. The van der Waals surface area contributed by atoms with Gasteiger partial charge in [-0.15, -0.1) is 24.8 Å². The van der Waals surface area contributed by atoms with E-state index in [0.29, 0.717) is 12.2 Å². The summed E-state index contributed by atoms with van der Waals surface area (Å²) in [5.41, 5.74) is 10.8. The lowest BCUT2D eigenvalue weighted by Crippen LogP contribution is -2.55. The van der Waals surface area contributed by atoms with Crippen molar-refractivity contribution in [3.8, 4) is 0 Å². The number of carbonyl (C=O) groups is 3. The summed E-state index contributed by atoms with van der Waals surface area (Å²) in [6.45, 7) is 1.96. The van der Waals surface area contributed by atoms with Crippen molar-refractivity contribution in [3.05, 3.63) is 22.5 Å². The largest absolute Gasteiger partial charge is 0.449 e. The highest BCUT2D eigenvalue weighted by molar-refractivity contribution is 6.25. The molecule has 0 spiro atoms. The third-order valence-electron chi connectivity index (χ3n) is 5.99. The van der Waals surface area contributed by atoms with Crippen LogP contribution in [0.15, 0.2) is 22.5 Å². The minimum Gasteiger partial charge on any atom is -0.449 e. The first-order valence-electron chi connectivity index (χ1n) is 8.04. The number of nitrogens with two attached hydrogens (primary N) is 2. The van der Waals surface area contributed by atoms with E-state index in [1.54, 1.807) is 6.92 Å². The summed E-state index contributed by atoms with van der Waals surface area (Å²) in [4.78, 5) is 40.8. The van der Waals surface area contributed by atoms with Gasteiger partial charge in [0.2, 0.25) is 11.6 Å². The number of likely N-dealkylation sites (N-methyl/N-ethyl adjacent to an activating group) is 1. The zero-order chi connectivity index (χ0) is 18.3. The third kappa shape index (κ3) is 2.42. The van der Waals surface area contributed by atoms with Gasteiger partial charge in [0.25, 0.3) is 0 Å². The molecule has 0 aromatic heterocycles. The number of rotatable bonds is 3. The standard InChI is InChI=1S/C16H20N4O5.2ClH/c1-6-10(17)13(22)9-7(5-25-15(18)23)16(24-3)14-8(19(14)2)4-20(16)11(9)12(6)21;;/h7-8,14H,4-5,17H2,1-3H3,(H2,18,23);2*1H/t7-,8+,14+,16-,19?;;/m1../s1. The molecule has 3 aliphatic heterocycles. The minimum atomic E-state index is -0.949. The number of nitrogens with zero attached hydrogens (tertiary/aromatic N) is 2. The Kier molecular flexibility index (Phi) is 5.30. The molecule has 27 heavy (non-hydrogen) atoms. The number of carbonyl (C=O) groups excluding carboxylic acids is 3. The number of methoxy groups -OCH3 is 1. The van der Waals surface area contributed by atoms with Crippen LogP contribution >= 0.6 is 24.8 Å². The van der Waals surface area contributed by atoms with E-state index in [9.17, 15) is 14.4 Å². The van der Waals surface area contributed by atoms with Crippen LogP contribution in [0.5, 0.6) is 0 Å². The molecule has 4 aliphatic rings. The van der Waals surface area contributed by atoms with Crippen molar-refractivity contribution in [1.82, 2.24) is 9.80 Å². The molecule has 150 valence electrons. The lowest BCUT2D eigenvalue weighted by Gasteiger charge is -2.40. The maximum Gasteiger partial charge on any atom is 0.404 e. The van der Waals surface area contributed by atoms with Gasteiger partial charge < -0.3 is 25.8 Å². The average Bonchev–Trinajstić information content (AvgIpc) is 2.96. The molecule has 0 saturated carbocycles. The minimum absolute atomic E-state index is 0. The molecule has 0 bridgehead atoms. The second-order valence-electron chi connectivity index (χ2n) is 6.89. The first-order valence-corrected chi connectivity index (χ1v) is 8.04. The fourth-order valence-electron chi connectivity index (χ4n) is 4.73. The van der Waals surface area contributed by atoms with Gasteiger partial charge in [-0.25, -0.2) is 4.79 Å². The molecule has 5 atom stereocenters. The molecule has 9 nitrogen and oxygen atoms in total. The quantitative estimate of drug-likeness (QED) is 0.463. The Morgan fingerprint density at radius 3 is 2.48 bits per heavy atom. The highest BCUT2D eigenvalue weighted by Gasteiger charge is 2.75. The first-order chi connectivity index (χ1) is 11.8. The Bertz CT molecular complexity index is 798. The van der Waals surface area contributed by atoms with E-state index in [0.717, 1.165) is 0 Å². The van der Waals surface area contributed by atoms with Crippen LogP contribution in [-0.2, 0) is 19.1 Å². The van der Waals surface area contributed by atoms with Crippen LogP contribution < -0.4 is 11.5 Å². The second-order valence-corrected chi connectivity index (χ2v) is 6.89. The summed E-state index contributed by atoms with van der Waals surface area (Å²) in [5.74, 6) is -1.32. The second kappa shape index (κ2) is 6.66. The molecule has 4 rings (SSSR count). The van der Waals surface area contributed by atoms with Gasteiger partial charge in [-0.1, -0.05) is 0 Å². The van der Waals surface area contributed by atoms with Crippen LogP contribution in [0.4, 0.5) is 4.79 Å². The summed E-state index contributed by atoms with van der Waals surface area (Å²) in [5, 5.41) is 0.